The van der Waals surface area contributed by atoms with Crippen LogP contribution < -0.4 is 10.3 Å². The highest BCUT2D eigenvalue weighted by Gasteiger charge is 2.29. The molecule has 1 aromatic rings. The third kappa shape index (κ3) is 8.76. The Hall–Kier alpha value is -3.10. The Bertz CT molecular complexity index is 1100. The highest BCUT2D eigenvalue weighted by Crippen LogP contribution is 2.24. The van der Waals surface area contributed by atoms with Gasteiger partial charge in [-0.1, -0.05) is 25.2 Å². The molecule has 2 heterocycles. The van der Waals surface area contributed by atoms with E-state index < -0.39 is 22.7 Å². The minimum atomic E-state index is -0.751. The Morgan fingerprint density at radius 3 is 2.32 bits per heavy atom. The molecule has 1 amide bonds. The van der Waals surface area contributed by atoms with E-state index in [4.69, 9.17) is 14.2 Å². The molecule has 204 valence electrons. The molecule has 3 rings (SSSR count). The van der Waals surface area contributed by atoms with Crippen molar-refractivity contribution in [2.75, 3.05) is 19.7 Å². The number of hydrogen-bond acceptors (Lipinski definition) is 7. The Labute approximate surface area is 219 Å². The number of carbonyl (C=O) groups is 2. The molecule has 1 atom stereocenters. The SMILES string of the molecule is CC1C=CC=C(COc2c(C(=O)OC(C)(C)C)nc(CC3CCN(C(=O)OC(C)(C)C)CC3)[nH]c2=O)C1. The molecule has 0 spiro atoms. The first-order chi connectivity index (χ1) is 17.2. The van der Waals surface area contributed by atoms with Crippen LogP contribution in [0, 0.1) is 11.8 Å². The van der Waals surface area contributed by atoms with Gasteiger partial charge in [0.05, 0.1) is 0 Å². The second-order valence-electron chi connectivity index (χ2n) is 12.0. The first-order valence-electron chi connectivity index (χ1n) is 13.0. The van der Waals surface area contributed by atoms with E-state index in [2.05, 4.69) is 23.0 Å². The van der Waals surface area contributed by atoms with E-state index in [-0.39, 0.29) is 30.1 Å². The van der Waals surface area contributed by atoms with Gasteiger partial charge in [0.1, 0.15) is 23.6 Å². The van der Waals surface area contributed by atoms with E-state index in [0.29, 0.717) is 31.3 Å². The number of allylic oxidation sites excluding steroid dienone is 3. The van der Waals surface area contributed by atoms with Crippen LogP contribution >= 0.6 is 0 Å². The predicted molar refractivity (Wildman–Crippen MR) is 141 cm³/mol. The third-order valence-corrected chi connectivity index (χ3v) is 6.02. The molecule has 1 aromatic heterocycles. The second-order valence-corrected chi connectivity index (χ2v) is 12.0. The quantitative estimate of drug-likeness (QED) is 0.541. The standard InChI is InChI=1S/C28H41N3O6/c1-18-9-8-10-20(15-18)17-35-23-22(25(33)36-27(2,3)4)29-21(30-24(23)32)16-19-11-13-31(14-12-19)26(34)37-28(5,6)7/h8-10,18-19H,11-17H2,1-7H3,(H,29,30,32). The van der Waals surface area contributed by atoms with Crippen LogP contribution in [-0.2, 0) is 15.9 Å². The molecular weight excluding hydrogens is 474 g/mol. The van der Waals surface area contributed by atoms with E-state index in [9.17, 15) is 14.4 Å². The molecule has 1 saturated heterocycles. The molecule has 0 radical (unpaired) electrons. The summed E-state index contributed by atoms with van der Waals surface area (Å²) in [4.78, 5) is 47.4. The van der Waals surface area contributed by atoms with Gasteiger partial charge in [0, 0.05) is 19.5 Å². The lowest BCUT2D eigenvalue weighted by atomic mass is 9.93. The lowest BCUT2D eigenvalue weighted by molar-refractivity contribution is 0.00559. The number of aromatic amines is 1. The number of ether oxygens (including phenoxy) is 3. The molecule has 1 aliphatic carbocycles. The number of aromatic nitrogens is 2. The van der Waals surface area contributed by atoms with Crippen molar-refractivity contribution in [1.82, 2.24) is 14.9 Å². The Balaban J connectivity index is 1.74. The number of nitrogens with one attached hydrogen (secondary N) is 1. The van der Waals surface area contributed by atoms with Crippen LogP contribution in [-0.4, -0.2) is 57.8 Å². The summed E-state index contributed by atoms with van der Waals surface area (Å²) in [6.07, 6.45) is 8.51. The summed E-state index contributed by atoms with van der Waals surface area (Å²) in [6, 6.07) is 0. The molecule has 0 saturated carbocycles. The molecule has 0 bridgehead atoms. The van der Waals surface area contributed by atoms with Gasteiger partial charge in [0.25, 0.3) is 5.56 Å². The normalized spacial score (nSPS) is 18.8. The van der Waals surface area contributed by atoms with E-state index >= 15 is 0 Å². The smallest absolute Gasteiger partial charge is 0.410 e. The van der Waals surface area contributed by atoms with Crippen molar-refractivity contribution < 1.29 is 23.8 Å². The fourth-order valence-electron chi connectivity index (χ4n) is 4.33. The lowest BCUT2D eigenvalue weighted by Gasteiger charge is -2.33. The first-order valence-corrected chi connectivity index (χ1v) is 13.0. The van der Waals surface area contributed by atoms with Gasteiger partial charge < -0.3 is 24.1 Å². The molecule has 9 nitrogen and oxygen atoms in total. The molecular formula is C28H41N3O6. The number of likely N-dealkylation sites (tertiary alicyclic amines) is 1. The van der Waals surface area contributed by atoms with E-state index in [0.717, 1.165) is 24.8 Å². The molecule has 2 aliphatic rings. The molecule has 1 fully saturated rings. The molecule has 1 N–H and O–H groups in total. The number of rotatable bonds is 6. The molecule has 9 heteroatoms. The summed E-state index contributed by atoms with van der Waals surface area (Å²) in [7, 11) is 0. The Morgan fingerprint density at radius 2 is 1.73 bits per heavy atom. The highest BCUT2D eigenvalue weighted by molar-refractivity contribution is 5.90. The van der Waals surface area contributed by atoms with Crippen LogP contribution in [0.4, 0.5) is 4.79 Å². The fourth-order valence-corrected chi connectivity index (χ4v) is 4.33. The van der Waals surface area contributed by atoms with Crippen molar-refractivity contribution in [2.24, 2.45) is 11.8 Å². The van der Waals surface area contributed by atoms with Crippen LogP contribution in [0.2, 0.25) is 0 Å². The maximum absolute atomic E-state index is 13.1. The predicted octanol–water partition coefficient (Wildman–Crippen LogP) is 4.82. The minimum absolute atomic E-state index is 0.111. The third-order valence-electron chi connectivity index (χ3n) is 6.02. The van der Waals surface area contributed by atoms with E-state index in [1.54, 1.807) is 25.7 Å². The number of nitrogens with zero attached hydrogens (tertiary/aromatic N) is 2. The summed E-state index contributed by atoms with van der Waals surface area (Å²) in [6.45, 7) is 14.2. The van der Waals surface area contributed by atoms with Gasteiger partial charge in [0.2, 0.25) is 5.75 Å². The van der Waals surface area contributed by atoms with E-state index in [1.807, 2.05) is 32.9 Å². The van der Waals surface area contributed by atoms with Crippen molar-refractivity contribution in [3.63, 3.8) is 0 Å². The van der Waals surface area contributed by atoms with Gasteiger partial charge in [-0.05, 0) is 78.2 Å². The average Bonchev–Trinajstić information content (AvgIpc) is 2.76. The largest absolute Gasteiger partial charge is 0.482 e. The van der Waals surface area contributed by atoms with Crippen LogP contribution in [0.1, 0.15) is 84.0 Å². The van der Waals surface area contributed by atoms with Crippen molar-refractivity contribution >= 4 is 12.1 Å². The zero-order valence-corrected chi connectivity index (χ0v) is 23.2. The molecule has 0 aromatic carbocycles. The van der Waals surface area contributed by atoms with E-state index in [1.165, 1.54) is 0 Å². The molecule has 1 aliphatic heterocycles. The molecule has 37 heavy (non-hydrogen) atoms. The summed E-state index contributed by atoms with van der Waals surface area (Å²) in [5, 5.41) is 0. The van der Waals surface area contributed by atoms with Crippen LogP contribution in [0.3, 0.4) is 0 Å². The van der Waals surface area contributed by atoms with Gasteiger partial charge in [-0.25, -0.2) is 14.6 Å². The van der Waals surface area contributed by atoms with Gasteiger partial charge in [-0.2, -0.15) is 0 Å². The Kier molecular flexibility index (Phi) is 8.87. The van der Waals surface area contributed by atoms with Crippen molar-refractivity contribution in [2.45, 2.75) is 85.4 Å². The summed E-state index contributed by atoms with van der Waals surface area (Å²) in [5.41, 5.74) is -0.872. The number of piperidine rings is 1. The van der Waals surface area contributed by atoms with Crippen LogP contribution in [0.25, 0.3) is 0 Å². The van der Waals surface area contributed by atoms with Gasteiger partial charge >= 0.3 is 12.1 Å². The van der Waals surface area contributed by atoms with Crippen LogP contribution in [0.15, 0.2) is 28.6 Å². The second kappa shape index (κ2) is 11.5. The summed E-state index contributed by atoms with van der Waals surface area (Å²) >= 11 is 0. The lowest BCUT2D eigenvalue weighted by Crippen LogP contribution is -2.42. The molecule has 1 unspecified atom stereocenters. The maximum Gasteiger partial charge on any atom is 0.410 e. The number of amides is 1. The number of carbonyl (C=O) groups excluding carboxylic acids is 2. The van der Waals surface area contributed by atoms with Gasteiger partial charge in [-0.15, -0.1) is 0 Å². The number of H-pyrrole nitrogens is 1. The average molecular weight is 516 g/mol. The topological polar surface area (TPSA) is 111 Å². The zero-order chi connectivity index (χ0) is 27.4. The summed E-state index contributed by atoms with van der Waals surface area (Å²) < 4.78 is 16.9. The minimum Gasteiger partial charge on any atom is -0.482 e. The van der Waals surface area contributed by atoms with Crippen molar-refractivity contribution in [1.29, 1.82) is 0 Å². The highest BCUT2D eigenvalue weighted by atomic mass is 16.6. The number of hydrogen-bond donors (Lipinski definition) is 1. The monoisotopic (exact) mass is 515 g/mol. The maximum atomic E-state index is 13.1. The first kappa shape index (κ1) is 28.5. The van der Waals surface area contributed by atoms with Crippen molar-refractivity contribution in [3.05, 3.63) is 45.7 Å². The number of esters is 1. The fraction of sp³-hybridized carbons (Fsp3) is 0.643. The summed E-state index contributed by atoms with van der Waals surface area (Å²) in [5.74, 6) is 0.166. The zero-order valence-electron chi connectivity index (χ0n) is 23.2. The van der Waals surface area contributed by atoms with Crippen LogP contribution in [0.5, 0.6) is 5.75 Å². The van der Waals surface area contributed by atoms with Crippen molar-refractivity contribution in [3.8, 4) is 5.75 Å². The Morgan fingerprint density at radius 1 is 1.08 bits per heavy atom. The van der Waals surface area contributed by atoms with Gasteiger partial charge in [-0.3, -0.25) is 4.79 Å². The van der Waals surface area contributed by atoms with Gasteiger partial charge in [0.15, 0.2) is 5.69 Å².